The Kier molecular flexibility index (Phi) is 6.81. The summed E-state index contributed by atoms with van der Waals surface area (Å²) in [6, 6.07) is 7.81. The quantitative estimate of drug-likeness (QED) is 0.684. The Hall–Kier alpha value is -3.43. The van der Waals surface area contributed by atoms with Gasteiger partial charge in [-0.25, -0.2) is 0 Å². The van der Waals surface area contributed by atoms with Gasteiger partial charge in [0.25, 0.3) is 0 Å². The van der Waals surface area contributed by atoms with Crippen LogP contribution in [0.2, 0.25) is 0 Å². The van der Waals surface area contributed by atoms with Crippen LogP contribution in [-0.4, -0.2) is 39.2 Å². The third kappa shape index (κ3) is 4.90. The van der Waals surface area contributed by atoms with E-state index in [0.29, 0.717) is 17.2 Å². The van der Waals surface area contributed by atoms with Crippen LogP contribution in [0, 0.1) is 5.92 Å². The van der Waals surface area contributed by atoms with Crippen LogP contribution in [0.4, 0.5) is 24.5 Å². The number of amides is 2. The van der Waals surface area contributed by atoms with Crippen LogP contribution in [0.5, 0.6) is 17.2 Å². The van der Waals surface area contributed by atoms with E-state index in [4.69, 9.17) is 14.2 Å². The number of nitrogens with zero attached hydrogens (tertiary/aromatic N) is 1. The van der Waals surface area contributed by atoms with Crippen LogP contribution in [0.25, 0.3) is 0 Å². The monoisotopic (exact) mass is 452 g/mol. The highest BCUT2D eigenvalue weighted by Gasteiger charge is 2.37. The Morgan fingerprint density at radius 2 is 1.84 bits per heavy atom. The van der Waals surface area contributed by atoms with Crippen molar-refractivity contribution in [1.29, 1.82) is 0 Å². The molecule has 1 saturated heterocycles. The molecule has 2 amide bonds. The largest absolute Gasteiger partial charge is 0.497 e. The molecule has 1 fully saturated rings. The van der Waals surface area contributed by atoms with Gasteiger partial charge in [-0.05, 0) is 37.3 Å². The number of halogens is 3. The predicted molar refractivity (Wildman–Crippen MR) is 111 cm³/mol. The van der Waals surface area contributed by atoms with Crippen molar-refractivity contribution in [1.82, 2.24) is 0 Å². The second kappa shape index (κ2) is 9.37. The molecule has 2 aromatic carbocycles. The summed E-state index contributed by atoms with van der Waals surface area (Å²) < 4.78 is 55.2. The first-order valence-corrected chi connectivity index (χ1v) is 9.85. The Morgan fingerprint density at radius 1 is 1.12 bits per heavy atom. The summed E-state index contributed by atoms with van der Waals surface area (Å²) in [5.41, 5.74) is -0.570. The molecule has 0 spiro atoms. The summed E-state index contributed by atoms with van der Waals surface area (Å²) in [5.74, 6) is -0.621. The highest BCUT2D eigenvalue weighted by atomic mass is 19.4. The first-order valence-electron chi connectivity index (χ1n) is 9.85. The van der Waals surface area contributed by atoms with Crippen molar-refractivity contribution in [3.63, 3.8) is 0 Å². The summed E-state index contributed by atoms with van der Waals surface area (Å²) in [6.45, 7) is 1.93. The zero-order valence-corrected chi connectivity index (χ0v) is 17.8. The molecule has 0 radical (unpaired) electrons. The first-order chi connectivity index (χ1) is 15.2. The van der Waals surface area contributed by atoms with Gasteiger partial charge in [0.15, 0.2) is 0 Å². The van der Waals surface area contributed by atoms with Gasteiger partial charge in [0.05, 0.1) is 43.7 Å². The molecule has 172 valence electrons. The molecule has 1 unspecified atom stereocenters. The Bertz CT molecular complexity index is 1010. The van der Waals surface area contributed by atoms with Crippen molar-refractivity contribution >= 4 is 23.2 Å². The van der Waals surface area contributed by atoms with E-state index in [2.05, 4.69) is 5.32 Å². The van der Waals surface area contributed by atoms with E-state index < -0.39 is 23.6 Å². The van der Waals surface area contributed by atoms with E-state index in [-0.39, 0.29) is 36.9 Å². The molecule has 1 aliphatic rings. The first kappa shape index (κ1) is 23.2. The van der Waals surface area contributed by atoms with Crippen molar-refractivity contribution in [2.75, 3.05) is 37.6 Å². The Balaban J connectivity index is 1.83. The summed E-state index contributed by atoms with van der Waals surface area (Å²) >= 11 is 0. The van der Waals surface area contributed by atoms with E-state index in [0.717, 1.165) is 18.2 Å². The number of carbonyl (C=O) groups is 2. The Labute approximate surface area is 183 Å². The van der Waals surface area contributed by atoms with E-state index in [1.165, 1.54) is 19.1 Å². The summed E-state index contributed by atoms with van der Waals surface area (Å²) in [4.78, 5) is 26.9. The van der Waals surface area contributed by atoms with Crippen molar-refractivity contribution in [3.05, 3.63) is 42.0 Å². The highest BCUT2D eigenvalue weighted by molar-refractivity contribution is 6.04. The average Bonchev–Trinajstić information content (AvgIpc) is 3.15. The van der Waals surface area contributed by atoms with Gasteiger partial charge in [-0.1, -0.05) is 0 Å². The average molecular weight is 452 g/mol. The minimum atomic E-state index is -4.58. The molecule has 1 N–H and O–H groups in total. The lowest BCUT2D eigenvalue weighted by Crippen LogP contribution is -2.28. The lowest BCUT2D eigenvalue weighted by molar-refractivity contribution is -0.137. The molecule has 32 heavy (non-hydrogen) atoms. The van der Waals surface area contributed by atoms with Crippen LogP contribution < -0.4 is 24.4 Å². The molecule has 0 saturated carbocycles. The van der Waals surface area contributed by atoms with Crippen LogP contribution >= 0.6 is 0 Å². The molecule has 0 aliphatic carbocycles. The van der Waals surface area contributed by atoms with Crippen molar-refractivity contribution in [2.45, 2.75) is 19.5 Å². The number of alkyl halides is 3. The molecule has 7 nitrogen and oxygen atoms in total. The number of methoxy groups -OCH3 is 2. The molecule has 2 aromatic rings. The maximum absolute atomic E-state index is 13.1. The molecule has 1 aliphatic heterocycles. The fourth-order valence-electron chi connectivity index (χ4n) is 3.44. The molecule has 10 heteroatoms. The summed E-state index contributed by atoms with van der Waals surface area (Å²) in [7, 11) is 2.94. The number of benzene rings is 2. The topological polar surface area (TPSA) is 77.1 Å². The second-order valence-electron chi connectivity index (χ2n) is 7.07. The summed E-state index contributed by atoms with van der Waals surface area (Å²) in [6.07, 6.45) is -4.68. The lowest BCUT2D eigenvalue weighted by Gasteiger charge is -2.20. The van der Waals surface area contributed by atoms with E-state index in [9.17, 15) is 22.8 Å². The fourth-order valence-corrected chi connectivity index (χ4v) is 3.44. The van der Waals surface area contributed by atoms with Crippen LogP contribution in [-0.2, 0) is 15.8 Å². The minimum absolute atomic E-state index is 0.0388. The minimum Gasteiger partial charge on any atom is -0.497 e. The molecule has 1 atom stereocenters. The second-order valence-corrected chi connectivity index (χ2v) is 7.07. The van der Waals surface area contributed by atoms with Gasteiger partial charge in [0.1, 0.15) is 17.2 Å². The number of rotatable bonds is 7. The zero-order chi connectivity index (χ0) is 23.5. The highest BCUT2D eigenvalue weighted by Crippen LogP contribution is 2.38. The zero-order valence-electron chi connectivity index (χ0n) is 17.8. The lowest BCUT2D eigenvalue weighted by atomic mass is 10.1. The number of hydrogen-bond acceptors (Lipinski definition) is 5. The van der Waals surface area contributed by atoms with Crippen molar-refractivity contribution < 1.29 is 37.0 Å². The third-order valence-electron chi connectivity index (χ3n) is 5.04. The standard InChI is InChI=1S/C22H23F3N2O5/c1-4-32-18-7-5-14(22(23,24)25)10-16(18)26-21(29)13-9-20(28)27(12-13)17-11-15(30-2)6-8-19(17)31-3/h5-8,10-11,13H,4,9,12H2,1-3H3,(H,26,29). The maximum atomic E-state index is 13.1. The van der Waals surface area contributed by atoms with Gasteiger partial charge in [0, 0.05) is 19.0 Å². The molecule has 1 heterocycles. The van der Waals surface area contributed by atoms with E-state index >= 15 is 0 Å². The van der Waals surface area contributed by atoms with Crippen molar-refractivity contribution in [3.8, 4) is 17.2 Å². The number of hydrogen-bond donors (Lipinski definition) is 1. The van der Waals surface area contributed by atoms with Gasteiger partial charge in [0.2, 0.25) is 11.8 Å². The van der Waals surface area contributed by atoms with Gasteiger partial charge in [-0.3, -0.25) is 9.59 Å². The van der Waals surface area contributed by atoms with Gasteiger partial charge in [-0.2, -0.15) is 13.2 Å². The fraction of sp³-hybridized carbons (Fsp3) is 0.364. The van der Waals surface area contributed by atoms with Gasteiger partial charge in [-0.15, -0.1) is 0 Å². The van der Waals surface area contributed by atoms with Crippen LogP contribution in [0.15, 0.2) is 36.4 Å². The number of carbonyl (C=O) groups excluding carboxylic acids is 2. The predicted octanol–water partition coefficient (Wildman–Crippen LogP) is 4.11. The molecular weight excluding hydrogens is 429 g/mol. The number of anilines is 2. The SMILES string of the molecule is CCOc1ccc(C(F)(F)F)cc1NC(=O)C1CC(=O)N(c2cc(OC)ccc2OC)C1. The molecular formula is C22H23F3N2O5. The Morgan fingerprint density at radius 3 is 2.47 bits per heavy atom. The van der Waals surface area contributed by atoms with Gasteiger partial charge < -0.3 is 24.4 Å². The van der Waals surface area contributed by atoms with Crippen molar-refractivity contribution in [2.24, 2.45) is 5.92 Å². The van der Waals surface area contributed by atoms with Crippen LogP contribution in [0.1, 0.15) is 18.9 Å². The van der Waals surface area contributed by atoms with E-state index in [1.54, 1.807) is 25.1 Å². The molecule has 0 aromatic heterocycles. The third-order valence-corrected chi connectivity index (χ3v) is 5.04. The summed E-state index contributed by atoms with van der Waals surface area (Å²) in [5, 5.41) is 2.49. The normalized spacial score (nSPS) is 16.1. The number of nitrogens with one attached hydrogen (secondary N) is 1. The van der Waals surface area contributed by atoms with Crippen LogP contribution in [0.3, 0.4) is 0 Å². The van der Waals surface area contributed by atoms with E-state index in [1.807, 2.05) is 0 Å². The number of ether oxygens (including phenoxy) is 3. The smallest absolute Gasteiger partial charge is 0.416 e. The molecule has 3 rings (SSSR count). The maximum Gasteiger partial charge on any atom is 0.416 e. The van der Waals surface area contributed by atoms with Gasteiger partial charge >= 0.3 is 6.18 Å². The molecule has 0 bridgehead atoms.